The fourth-order valence-electron chi connectivity index (χ4n) is 0.735. The normalized spacial score (nSPS) is 9.15. The minimum atomic E-state index is -1.19. The first-order valence-corrected chi connectivity index (χ1v) is 2.97. The Morgan fingerprint density at radius 1 is 1.38 bits per heavy atom. The van der Waals surface area contributed by atoms with Crippen molar-refractivity contribution in [3.8, 4) is 6.07 Å². The molecule has 0 unspecified atom stereocenters. The van der Waals surface area contributed by atoms with Gasteiger partial charge in [-0.3, -0.25) is 24.9 Å². The monoisotopic (exact) mass is 182 g/mol. The van der Waals surface area contributed by atoms with Crippen molar-refractivity contribution >= 4 is 5.69 Å². The van der Waals surface area contributed by atoms with E-state index in [9.17, 15) is 19.7 Å². The first-order chi connectivity index (χ1) is 6.06. The lowest BCUT2D eigenvalue weighted by Crippen LogP contribution is -2.25. The minimum Gasteiger partial charge on any atom is -0.293 e. The van der Waals surface area contributed by atoms with Crippen molar-refractivity contribution < 1.29 is 4.92 Å². The van der Waals surface area contributed by atoms with Crippen molar-refractivity contribution in [1.29, 1.82) is 5.26 Å². The van der Waals surface area contributed by atoms with E-state index in [0.29, 0.717) is 0 Å². The van der Waals surface area contributed by atoms with Gasteiger partial charge < -0.3 is 0 Å². The Bertz CT molecular complexity index is 504. The van der Waals surface area contributed by atoms with Gasteiger partial charge in [-0.15, -0.1) is 0 Å². The molecule has 1 aromatic rings. The maximum atomic E-state index is 10.8. The first kappa shape index (κ1) is 8.66. The predicted octanol–water partition coefficient (Wildman–Crippen LogP) is -1.16. The summed E-state index contributed by atoms with van der Waals surface area (Å²) in [5, 5.41) is 18.6. The Kier molecular flexibility index (Phi) is 1.93. The molecule has 0 amide bonds. The van der Waals surface area contributed by atoms with E-state index >= 15 is 0 Å². The third-order valence-electron chi connectivity index (χ3n) is 1.21. The van der Waals surface area contributed by atoms with Gasteiger partial charge in [-0.2, -0.15) is 5.26 Å². The zero-order valence-corrected chi connectivity index (χ0v) is 6.03. The Labute approximate surface area is 69.6 Å². The molecule has 13 heavy (non-hydrogen) atoms. The molecule has 0 radical (unpaired) electrons. The Morgan fingerprint density at radius 2 is 2.00 bits per heavy atom. The smallest absolute Gasteiger partial charge is 0.293 e. The number of H-pyrrole nitrogens is 2. The average Bonchev–Trinajstić information content (AvgIpc) is 2.01. The van der Waals surface area contributed by atoms with Gasteiger partial charge in [-0.25, -0.2) is 4.79 Å². The van der Waals surface area contributed by atoms with Crippen LogP contribution in [-0.2, 0) is 0 Å². The number of nitrogens with zero attached hydrogens (tertiary/aromatic N) is 2. The molecule has 8 heteroatoms. The van der Waals surface area contributed by atoms with Crippen LogP contribution < -0.4 is 11.2 Å². The number of hydrogen-bond donors (Lipinski definition) is 2. The van der Waals surface area contributed by atoms with Crippen LogP contribution in [0.1, 0.15) is 5.69 Å². The summed E-state index contributed by atoms with van der Waals surface area (Å²) >= 11 is 0. The van der Waals surface area contributed by atoms with E-state index in [1.165, 1.54) is 6.07 Å². The van der Waals surface area contributed by atoms with Crippen molar-refractivity contribution in [2.45, 2.75) is 0 Å². The second kappa shape index (κ2) is 2.90. The largest absolute Gasteiger partial charge is 0.368 e. The molecule has 1 heterocycles. The van der Waals surface area contributed by atoms with Crippen LogP contribution in [0.25, 0.3) is 0 Å². The standard InChI is InChI=1S/C5H2N4O4/c6-1-2-3(9(12)13)4(10)8-5(11)7-2/h(H2,7,8,10,11). The zero-order valence-electron chi connectivity index (χ0n) is 6.03. The highest BCUT2D eigenvalue weighted by Crippen LogP contribution is 2.04. The number of nitrogens with one attached hydrogen (secondary N) is 2. The molecule has 0 saturated heterocycles. The molecule has 0 aliphatic rings. The first-order valence-electron chi connectivity index (χ1n) is 2.97. The highest BCUT2D eigenvalue weighted by molar-refractivity contribution is 5.40. The summed E-state index contributed by atoms with van der Waals surface area (Å²) in [6, 6.07) is 1.34. The topological polar surface area (TPSA) is 133 Å². The summed E-state index contributed by atoms with van der Waals surface area (Å²) in [5.74, 6) is 0. The predicted molar refractivity (Wildman–Crippen MR) is 39.1 cm³/mol. The third kappa shape index (κ3) is 1.43. The fraction of sp³-hybridized carbons (Fsp3) is 0. The van der Waals surface area contributed by atoms with Crippen LogP contribution in [-0.4, -0.2) is 14.9 Å². The van der Waals surface area contributed by atoms with Gasteiger partial charge in [0.2, 0.25) is 5.69 Å². The van der Waals surface area contributed by atoms with Crippen molar-refractivity contribution in [3.05, 3.63) is 36.6 Å². The van der Waals surface area contributed by atoms with Gasteiger partial charge in [0.05, 0.1) is 4.92 Å². The quantitative estimate of drug-likeness (QED) is 0.417. The van der Waals surface area contributed by atoms with Crippen molar-refractivity contribution in [2.24, 2.45) is 0 Å². The molecule has 0 bridgehead atoms. The SMILES string of the molecule is N#Cc1[nH]c(=O)[nH]c(=O)c1[N+](=O)[O-]. The van der Waals surface area contributed by atoms with Crippen molar-refractivity contribution in [3.63, 3.8) is 0 Å². The lowest BCUT2D eigenvalue weighted by atomic mass is 10.4. The van der Waals surface area contributed by atoms with Gasteiger partial charge in [0.1, 0.15) is 6.07 Å². The van der Waals surface area contributed by atoms with Crippen LogP contribution in [0.2, 0.25) is 0 Å². The van der Waals surface area contributed by atoms with Crippen LogP contribution in [0.3, 0.4) is 0 Å². The van der Waals surface area contributed by atoms with E-state index in [0.717, 1.165) is 0 Å². The van der Waals surface area contributed by atoms with Crippen LogP contribution >= 0.6 is 0 Å². The highest BCUT2D eigenvalue weighted by atomic mass is 16.6. The average molecular weight is 182 g/mol. The van der Waals surface area contributed by atoms with Crippen LogP contribution in [0.4, 0.5) is 5.69 Å². The summed E-state index contributed by atoms with van der Waals surface area (Å²) in [7, 11) is 0. The van der Waals surface area contributed by atoms with Crippen LogP contribution in [0.5, 0.6) is 0 Å². The maximum absolute atomic E-state index is 10.8. The molecule has 0 aromatic carbocycles. The van der Waals surface area contributed by atoms with E-state index in [1.807, 2.05) is 4.98 Å². The van der Waals surface area contributed by atoms with E-state index in [-0.39, 0.29) is 0 Å². The molecule has 0 aliphatic heterocycles. The third-order valence-corrected chi connectivity index (χ3v) is 1.21. The minimum absolute atomic E-state index is 0.654. The van der Waals surface area contributed by atoms with Gasteiger partial charge in [0.15, 0.2) is 0 Å². The van der Waals surface area contributed by atoms with Crippen molar-refractivity contribution in [2.75, 3.05) is 0 Å². The second-order valence-corrected chi connectivity index (χ2v) is 2.00. The molecule has 66 valence electrons. The number of nitriles is 1. The van der Waals surface area contributed by atoms with Crippen LogP contribution in [0, 0.1) is 21.4 Å². The molecule has 0 saturated carbocycles. The Balaban J connectivity index is 3.70. The van der Waals surface area contributed by atoms with Gasteiger partial charge in [-0.05, 0) is 0 Å². The molecule has 1 rings (SSSR count). The molecule has 0 spiro atoms. The summed E-state index contributed by atoms with van der Waals surface area (Å²) in [4.78, 5) is 34.0. The molecule has 2 N–H and O–H groups in total. The maximum Gasteiger partial charge on any atom is 0.368 e. The van der Waals surface area contributed by atoms with E-state index in [2.05, 4.69) is 0 Å². The number of aromatic amines is 2. The molecule has 0 fully saturated rings. The fourth-order valence-corrected chi connectivity index (χ4v) is 0.735. The number of hydrogen-bond acceptors (Lipinski definition) is 5. The summed E-state index contributed by atoms with van der Waals surface area (Å²) in [6.07, 6.45) is 0. The van der Waals surface area contributed by atoms with E-state index in [1.54, 1.807) is 4.98 Å². The molecule has 0 aliphatic carbocycles. The summed E-state index contributed by atoms with van der Waals surface area (Å²) in [6.45, 7) is 0. The second-order valence-electron chi connectivity index (χ2n) is 2.00. The molecule has 8 nitrogen and oxygen atoms in total. The van der Waals surface area contributed by atoms with Gasteiger partial charge in [-0.1, -0.05) is 0 Å². The van der Waals surface area contributed by atoms with Crippen molar-refractivity contribution in [1.82, 2.24) is 9.97 Å². The number of rotatable bonds is 1. The van der Waals surface area contributed by atoms with Crippen LogP contribution in [0.15, 0.2) is 9.59 Å². The number of aromatic nitrogens is 2. The molecule has 1 aromatic heterocycles. The Morgan fingerprint density at radius 3 is 2.46 bits per heavy atom. The number of nitro groups is 1. The molecule has 0 atom stereocenters. The lowest BCUT2D eigenvalue weighted by molar-refractivity contribution is -0.386. The lowest BCUT2D eigenvalue weighted by Gasteiger charge is -1.90. The highest BCUT2D eigenvalue weighted by Gasteiger charge is 2.20. The zero-order chi connectivity index (χ0) is 10.0. The van der Waals surface area contributed by atoms with Gasteiger partial charge in [0.25, 0.3) is 0 Å². The molecular formula is C5H2N4O4. The molecular weight excluding hydrogens is 180 g/mol. The van der Waals surface area contributed by atoms with E-state index < -0.39 is 27.6 Å². The van der Waals surface area contributed by atoms with Gasteiger partial charge in [0, 0.05) is 0 Å². The summed E-state index contributed by atoms with van der Waals surface area (Å²) < 4.78 is 0. The Hall–Kier alpha value is -2.43. The van der Waals surface area contributed by atoms with E-state index in [4.69, 9.17) is 5.26 Å². The summed E-state index contributed by atoms with van der Waals surface area (Å²) in [5.41, 5.74) is -3.75. The van der Waals surface area contributed by atoms with Gasteiger partial charge >= 0.3 is 16.9 Å².